The summed E-state index contributed by atoms with van der Waals surface area (Å²) in [6.07, 6.45) is -1.61. The summed E-state index contributed by atoms with van der Waals surface area (Å²) < 4.78 is 39.0. The first-order valence-electron chi connectivity index (χ1n) is 6.32. The van der Waals surface area contributed by atoms with Gasteiger partial charge in [-0.1, -0.05) is 13.8 Å². The average molecular weight is 292 g/mol. The largest absolute Gasteiger partial charge is 0.405 e. The Bertz CT molecular complexity index is 484. The van der Waals surface area contributed by atoms with Gasteiger partial charge in [0.15, 0.2) is 5.82 Å². The van der Waals surface area contributed by atoms with Crippen molar-refractivity contribution in [3.63, 3.8) is 0 Å². The molecule has 5 nitrogen and oxygen atoms in total. The Morgan fingerprint density at radius 3 is 2.60 bits per heavy atom. The zero-order valence-electron chi connectivity index (χ0n) is 11.5. The molecule has 0 saturated heterocycles. The Labute approximate surface area is 115 Å². The zero-order chi connectivity index (χ0) is 15.3. The number of anilines is 1. The molecule has 0 aliphatic heterocycles. The molecule has 0 unspecified atom stereocenters. The van der Waals surface area contributed by atoms with Crippen molar-refractivity contribution in [3.8, 4) is 0 Å². The van der Waals surface area contributed by atoms with E-state index in [0.29, 0.717) is 6.54 Å². The first kappa shape index (κ1) is 16.5. The molecule has 0 fully saturated rings. The van der Waals surface area contributed by atoms with Gasteiger partial charge in [0.05, 0.1) is 0 Å². The molecule has 0 radical (unpaired) electrons. The van der Waals surface area contributed by atoms with E-state index in [9.17, 15) is 18.0 Å². The number of rotatable bonds is 6. The lowest BCUT2D eigenvalue weighted by atomic mass is 10.2. The van der Waals surface area contributed by atoms with Crippen LogP contribution in [0.5, 0.6) is 0 Å². The number of alkyl halides is 3. The van der Waals surface area contributed by atoms with Crippen LogP contribution >= 0.6 is 0 Å². The molecule has 0 aliphatic carbocycles. The van der Waals surface area contributed by atoms with Gasteiger partial charge in [-0.05, 0) is 5.92 Å². The minimum Gasteiger partial charge on any atom is -0.342 e. The number of nitrogens with zero attached hydrogens (tertiary/aromatic N) is 3. The predicted octanol–water partition coefficient (Wildman–Crippen LogP) is 1.23. The monoisotopic (exact) mass is 292 g/mol. The fourth-order valence-electron chi connectivity index (χ4n) is 1.82. The van der Waals surface area contributed by atoms with Crippen LogP contribution in [-0.2, 0) is 6.54 Å². The smallest absolute Gasteiger partial charge is 0.342 e. The molecule has 1 rings (SSSR count). The van der Waals surface area contributed by atoms with Crippen molar-refractivity contribution >= 4 is 5.82 Å². The van der Waals surface area contributed by atoms with Crippen molar-refractivity contribution in [1.29, 1.82) is 0 Å². The summed E-state index contributed by atoms with van der Waals surface area (Å²) in [5.74, 6) is -0.00977. The van der Waals surface area contributed by atoms with Gasteiger partial charge in [0.2, 0.25) is 0 Å². The molecule has 0 aliphatic rings. The van der Waals surface area contributed by atoms with Gasteiger partial charge in [-0.15, -0.1) is 0 Å². The van der Waals surface area contributed by atoms with Crippen LogP contribution < -0.4 is 16.2 Å². The lowest BCUT2D eigenvalue weighted by Gasteiger charge is -2.24. The summed E-state index contributed by atoms with van der Waals surface area (Å²) in [5.41, 5.74) is 4.78. The van der Waals surface area contributed by atoms with Crippen LogP contribution in [0, 0.1) is 5.92 Å². The van der Waals surface area contributed by atoms with E-state index in [1.54, 1.807) is 0 Å². The zero-order valence-corrected chi connectivity index (χ0v) is 11.5. The fraction of sp³-hybridized carbons (Fsp3) is 0.667. The predicted molar refractivity (Wildman–Crippen MR) is 70.7 cm³/mol. The first-order valence-corrected chi connectivity index (χ1v) is 6.32. The van der Waals surface area contributed by atoms with Gasteiger partial charge in [0.1, 0.15) is 6.54 Å². The molecule has 8 heteroatoms. The Hall–Kier alpha value is -1.57. The Morgan fingerprint density at radius 2 is 2.10 bits per heavy atom. The number of hydrogen-bond donors (Lipinski definition) is 1. The summed E-state index contributed by atoms with van der Waals surface area (Å²) in [5, 5.41) is 0. The molecule has 2 N–H and O–H groups in total. The minimum absolute atomic E-state index is 0.0102. The summed E-state index contributed by atoms with van der Waals surface area (Å²) in [6.45, 7) is 2.96. The average Bonchev–Trinajstić information content (AvgIpc) is 2.29. The molecule has 1 heterocycles. The molecule has 0 bridgehead atoms. The number of hydrogen-bond acceptors (Lipinski definition) is 4. The molecule has 20 heavy (non-hydrogen) atoms. The Kier molecular flexibility index (Phi) is 5.55. The fourth-order valence-corrected chi connectivity index (χ4v) is 1.82. The van der Waals surface area contributed by atoms with Gasteiger partial charge < -0.3 is 15.2 Å². The van der Waals surface area contributed by atoms with E-state index in [2.05, 4.69) is 4.98 Å². The highest BCUT2D eigenvalue weighted by Gasteiger charge is 2.32. The molecular formula is C12H19F3N4O. The van der Waals surface area contributed by atoms with E-state index < -0.39 is 18.3 Å². The molecule has 0 saturated carbocycles. The van der Waals surface area contributed by atoms with Crippen molar-refractivity contribution in [3.05, 3.63) is 22.7 Å². The Morgan fingerprint density at radius 1 is 1.45 bits per heavy atom. The van der Waals surface area contributed by atoms with Crippen LogP contribution in [0.1, 0.15) is 13.8 Å². The number of halogens is 3. The standard InChI is InChI=1S/C12H19F3N4O/c1-9(2)7-18-6-4-17-10(11(18)20)19(5-3-16)8-12(13,14)15/h4,6,9H,3,5,7-8,16H2,1-2H3. The van der Waals surface area contributed by atoms with Crippen LogP contribution in [0.15, 0.2) is 17.2 Å². The molecule has 0 amide bonds. The summed E-state index contributed by atoms with van der Waals surface area (Å²) in [7, 11) is 0. The summed E-state index contributed by atoms with van der Waals surface area (Å²) in [6, 6.07) is 0. The van der Waals surface area contributed by atoms with Gasteiger partial charge in [-0.2, -0.15) is 13.2 Å². The summed E-state index contributed by atoms with van der Waals surface area (Å²) >= 11 is 0. The summed E-state index contributed by atoms with van der Waals surface area (Å²) in [4.78, 5) is 16.8. The maximum absolute atomic E-state index is 12.5. The highest BCUT2D eigenvalue weighted by Crippen LogP contribution is 2.18. The van der Waals surface area contributed by atoms with Crippen LogP contribution in [-0.4, -0.2) is 35.4 Å². The molecule has 0 aromatic carbocycles. The molecule has 0 spiro atoms. The second kappa shape index (κ2) is 6.74. The van der Waals surface area contributed by atoms with E-state index in [1.807, 2.05) is 13.8 Å². The van der Waals surface area contributed by atoms with E-state index in [4.69, 9.17) is 5.73 Å². The highest BCUT2D eigenvalue weighted by atomic mass is 19.4. The van der Waals surface area contributed by atoms with Crippen molar-refractivity contribution in [2.24, 2.45) is 11.7 Å². The van der Waals surface area contributed by atoms with Gasteiger partial charge in [0.25, 0.3) is 5.56 Å². The van der Waals surface area contributed by atoms with Gasteiger partial charge in [-0.25, -0.2) is 4.98 Å². The highest BCUT2D eigenvalue weighted by molar-refractivity contribution is 5.36. The third-order valence-corrected chi connectivity index (χ3v) is 2.53. The normalized spacial score (nSPS) is 11.9. The van der Waals surface area contributed by atoms with Crippen LogP contribution in [0.3, 0.4) is 0 Å². The van der Waals surface area contributed by atoms with Crippen LogP contribution in [0.2, 0.25) is 0 Å². The third-order valence-electron chi connectivity index (χ3n) is 2.53. The SMILES string of the molecule is CC(C)Cn1ccnc(N(CCN)CC(F)(F)F)c1=O. The molecular weight excluding hydrogens is 273 g/mol. The lowest BCUT2D eigenvalue weighted by Crippen LogP contribution is -2.42. The van der Waals surface area contributed by atoms with Gasteiger partial charge in [0, 0.05) is 32.0 Å². The molecule has 0 atom stereocenters. The van der Waals surface area contributed by atoms with Gasteiger partial charge >= 0.3 is 6.18 Å². The van der Waals surface area contributed by atoms with Crippen LogP contribution in [0.25, 0.3) is 0 Å². The van der Waals surface area contributed by atoms with Crippen molar-refractivity contribution in [1.82, 2.24) is 9.55 Å². The number of aromatic nitrogens is 2. The van der Waals surface area contributed by atoms with Crippen LogP contribution in [0.4, 0.5) is 19.0 Å². The second-order valence-corrected chi connectivity index (χ2v) is 4.93. The third kappa shape index (κ3) is 4.84. The van der Waals surface area contributed by atoms with E-state index in [0.717, 1.165) is 4.90 Å². The van der Waals surface area contributed by atoms with Crippen molar-refractivity contribution < 1.29 is 13.2 Å². The topological polar surface area (TPSA) is 64.2 Å². The maximum Gasteiger partial charge on any atom is 0.405 e. The lowest BCUT2D eigenvalue weighted by molar-refractivity contribution is -0.119. The minimum atomic E-state index is -4.41. The molecule has 1 aromatic heterocycles. The van der Waals surface area contributed by atoms with Crippen molar-refractivity contribution in [2.45, 2.75) is 26.6 Å². The Balaban J connectivity index is 3.10. The second-order valence-electron chi connectivity index (χ2n) is 4.93. The van der Waals surface area contributed by atoms with E-state index >= 15 is 0 Å². The van der Waals surface area contributed by atoms with Gasteiger partial charge in [-0.3, -0.25) is 4.79 Å². The first-order chi connectivity index (χ1) is 9.24. The van der Waals surface area contributed by atoms with E-state index in [-0.39, 0.29) is 24.8 Å². The quantitative estimate of drug-likeness (QED) is 0.856. The molecule has 1 aromatic rings. The number of nitrogens with two attached hydrogens (primary N) is 1. The van der Waals surface area contributed by atoms with E-state index in [1.165, 1.54) is 17.0 Å². The maximum atomic E-state index is 12.5. The molecule has 114 valence electrons. The van der Waals surface area contributed by atoms with Crippen molar-refractivity contribution in [2.75, 3.05) is 24.5 Å².